The SMILES string of the molecule is COC(=O)c1ccc([N+](=O)[O-])c(NCC2(C(C)C)CC2)c1. The maximum Gasteiger partial charge on any atom is 0.337 e. The van der Waals surface area contributed by atoms with E-state index in [-0.39, 0.29) is 11.1 Å². The van der Waals surface area contributed by atoms with Gasteiger partial charge in [0.15, 0.2) is 0 Å². The molecule has 114 valence electrons. The zero-order valence-electron chi connectivity index (χ0n) is 12.5. The number of hydrogen-bond acceptors (Lipinski definition) is 5. The van der Waals surface area contributed by atoms with E-state index >= 15 is 0 Å². The van der Waals surface area contributed by atoms with Crippen LogP contribution in [0.5, 0.6) is 0 Å². The number of ether oxygens (including phenoxy) is 1. The molecule has 1 aliphatic carbocycles. The van der Waals surface area contributed by atoms with Crippen LogP contribution in [-0.4, -0.2) is 24.5 Å². The molecule has 1 N–H and O–H groups in total. The molecule has 1 saturated carbocycles. The Balaban J connectivity index is 2.23. The lowest BCUT2D eigenvalue weighted by atomic mass is 9.92. The fourth-order valence-corrected chi connectivity index (χ4v) is 2.47. The summed E-state index contributed by atoms with van der Waals surface area (Å²) in [6, 6.07) is 4.23. The predicted molar refractivity (Wildman–Crippen MR) is 79.4 cm³/mol. The van der Waals surface area contributed by atoms with Crippen molar-refractivity contribution in [2.75, 3.05) is 19.0 Å². The Hall–Kier alpha value is -2.11. The highest BCUT2D eigenvalue weighted by atomic mass is 16.6. The van der Waals surface area contributed by atoms with Crippen molar-refractivity contribution in [1.29, 1.82) is 0 Å². The molecule has 1 aromatic rings. The summed E-state index contributed by atoms with van der Waals surface area (Å²) in [6.07, 6.45) is 2.25. The van der Waals surface area contributed by atoms with E-state index in [2.05, 4.69) is 23.9 Å². The van der Waals surface area contributed by atoms with Gasteiger partial charge in [0.2, 0.25) is 0 Å². The van der Waals surface area contributed by atoms with Crippen LogP contribution in [0.25, 0.3) is 0 Å². The molecule has 0 amide bonds. The minimum Gasteiger partial charge on any atom is -0.465 e. The molecule has 2 rings (SSSR count). The van der Waals surface area contributed by atoms with Gasteiger partial charge in [0.1, 0.15) is 5.69 Å². The van der Waals surface area contributed by atoms with Gasteiger partial charge in [0.25, 0.3) is 5.69 Å². The topological polar surface area (TPSA) is 81.5 Å². The second kappa shape index (κ2) is 5.71. The average molecular weight is 292 g/mol. The van der Waals surface area contributed by atoms with Crippen molar-refractivity contribution in [3.8, 4) is 0 Å². The van der Waals surface area contributed by atoms with Crippen molar-refractivity contribution in [3.05, 3.63) is 33.9 Å². The van der Waals surface area contributed by atoms with Gasteiger partial charge in [-0.25, -0.2) is 4.79 Å². The molecule has 0 heterocycles. The third-order valence-corrected chi connectivity index (χ3v) is 4.36. The molecule has 0 aromatic heterocycles. The Morgan fingerprint density at radius 1 is 1.48 bits per heavy atom. The summed E-state index contributed by atoms with van der Waals surface area (Å²) in [6.45, 7) is 5.00. The van der Waals surface area contributed by atoms with Crippen LogP contribution < -0.4 is 5.32 Å². The summed E-state index contributed by atoms with van der Waals surface area (Å²) in [5, 5.41) is 14.2. The van der Waals surface area contributed by atoms with Gasteiger partial charge in [-0.1, -0.05) is 13.8 Å². The number of carbonyl (C=O) groups is 1. The maximum atomic E-state index is 11.5. The van der Waals surface area contributed by atoms with E-state index in [4.69, 9.17) is 0 Å². The number of nitro benzene ring substituents is 1. The zero-order valence-corrected chi connectivity index (χ0v) is 12.5. The van der Waals surface area contributed by atoms with Crippen molar-refractivity contribution in [1.82, 2.24) is 0 Å². The van der Waals surface area contributed by atoms with Crippen LogP contribution in [0.1, 0.15) is 37.0 Å². The van der Waals surface area contributed by atoms with Crippen LogP contribution in [0, 0.1) is 21.4 Å². The molecule has 0 bridgehead atoms. The first-order valence-corrected chi connectivity index (χ1v) is 7.00. The third-order valence-electron chi connectivity index (χ3n) is 4.36. The Morgan fingerprint density at radius 3 is 2.62 bits per heavy atom. The molecule has 0 aliphatic heterocycles. The van der Waals surface area contributed by atoms with E-state index in [0.29, 0.717) is 23.7 Å². The maximum absolute atomic E-state index is 11.5. The molecular formula is C15H20N2O4. The van der Waals surface area contributed by atoms with Gasteiger partial charge in [0.05, 0.1) is 17.6 Å². The number of benzene rings is 1. The van der Waals surface area contributed by atoms with Gasteiger partial charge in [-0.2, -0.15) is 0 Å². The van der Waals surface area contributed by atoms with Gasteiger partial charge >= 0.3 is 5.97 Å². The molecule has 0 unspecified atom stereocenters. The highest BCUT2D eigenvalue weighted by molar-refractivity contribution is 5.91. The lowest BCUT2D eigenvalue weighted by molar-refractivity contribution is -0.384. The second-order valence-corrected chi connectivity index (χ2v) is 5.85. The smallest absolute Gasteiger partial charge is 0.337 e. The quantitative estimate of drug-likeness (QED) is 0.494. The number of methoxy groups -OCH3 is 1. The fourth-order valence-electron chi connectivity index (χ4n) is 2.47. The molecule has 1 aliphatic rings. The molecular weight excluding hydrogens is 272 g/mol. The predicted octanol–water partition coefficient (Wildman–Crippen LogP) is 3.23. The highest BCUT2D eigenvalue weighted by Crippen LogP contribution is 2.51. The van der Waals surface area contributed by atoms with E-state index in [1.807, 2.05) is 0 Å². The van der Waals surface area contributed by atoms with Crippen LogP contribution >= 0.6 is 0 Å². The molecule has 0 atom stereocenters. The minimum absolute atomic E-state index is 0.0257. The standard InChI is InChI=1S/C15H20N2O4/c1-10(2)15(6-7-15)9-16-12-8-11(14(18)21-3)4-5-13(12)17(19)20/h4-5,8,10,16H,6-7,9H2,1-3H3. The monoisotopic (exact) mass is 292 g/mol. The van der Waals surface area contributed by atoms with E-state index in [1.165, 1.54) is 25.3 Å². The average Bonchev–Trinajstić information content (AvgIpc) is 3.25. The normalized spacial score (nSPS) is 15.6. The number of nitrogens with zero attached hydrogens (tertiary/aromatic N) is 1. The minimum atomic E-state index is -0.502. The van der Waals surface area contributed by atoms with Crippen LogP contribution in [0.2, 0.25) is 0 Å². The summed E-state index contributed by atoms with van der Waals surface area (Å²) in [4.78, 5) is 22.2. The first-order chi connectivity index (χ1) is 9.89. The van der Waals surface area contributed by atoms with E-state index in [1.54, 1.807) is 0 Å². The van der Waals surface area contributed by atoms with Crippen molar-refractivity contribution >= 4 is 17.3 Å². The summed E-state index contributed by atoms with van der Waals surface area (Å²) < 4.78 is 4.65. The molecule has 0 radical (unpaired) electrons. The van der Waals surface area contributed by atoms with Crippen molar-refractivity contribution < 1.29 is 14.5 Å². The first kappa shape index (κ1) is 15.3. The number of nitro groups is 1. The Morgan fingerprint density at radius 2 is 2.14 bits per heavy atom. The fraction of sp³-hybridized carbons (Fsp3) is 0.533. The van der Waals surface area contributed by atoms with Crippen molar-refractivity contribution in [3.63, 3.8) is 0 Å². The van der Waals surface area contributed by atoms with Crippen LogP contribution in [0.4, 0.5) is 11.4 Å². The first-order valence-electron chi connectivity index (χ1n) is 7.00. The lowest BCUT2D eigenvalue weighted by Gasteiger charge is -2.20. The molecule has 6 nitrogen and oxygen atoms in total. The van der Waals surface area contributed by atoms with E-state index in [0.717, 1.165) is 12.8 Å². The number of nitrogens with one attached hydrogen (secondary N) is 1. The number of hydrogen-bond donors (Lipinski definition) is 1. The third kappa shape index (κ3) is 3.15. The number of anilines is 1. The summed E-state index contributed by atoms with van der Waals surface area (Å²) >= 11 is 0. The van der Waals surface area contributed by atoms with Crippen LogP contribution in [-0.2, 0) is 4.74 Å². The lowest BCUT2D eigenvalue weighted by Crippen LogP contribution is -2.21. The van der Waals surface area contributed by atoms with Crippen molar-refractivity contribution in [2.45, 2.75) is 26.7 Å². The van der Waals surface area contributed by atoms with Crippen LogP contribution in [0.15, 0.2) is 18.2 Å². The summed E-state index contributed by atoms with van der Waals surface area (Å²) in [7, 11) is 1.29. The largest absolute Gasteiger partial charge is 0.465 e. The molecule has 1 aromatic carbocycles. The van der Waals surface area contributed by atoms with E-state index in [9.17, 15) is 14.9 Å². The van der Waals surface area contributed by atoms with Crippen molar-refractivity contribution in [2.24, 2.45) is 11.3 Å². The number of esters is 1. The molecule has 6 heteroatoms. The summed E-state index contributed by atoms with van der Waals surface area (Å²) in [5.41, 5.74) is 0.867. The summed E-state index contributed by atoms with van der Waals surface area (Å²) in [5.74, 6) is 0.0192. The van der Waals surface area contributed by atoms with Gasteiger partial charge in [0, 0.05) is 12.6 Å². The molecule has 0 spiro atoms. The van der Waals surface area contributed by atoms with Crippen LogP contribution in [0.3, 0.4) is 0 Å². The molecule has 0 saturated heterocycles. The van der Waals surface area contributed by atoms with E-state index < -0.39 is 10.9 Å². The van der Waals surface area contributed by atoms with Gasteiger partial charge < -0.3 is 10.1 Å². The van der Waals surface area contributed by atoms with Gasteiger partial charge in [-0.05, 0) is 36.3 Å². The molecule has 1 fully saturated rings. The Labute approximate surface area is 123 Å². The number of rotatable bonds is 6. The Kier molecular flexibility index (Phi) is 4.16. The Bertz CT molecular complexity index is 565. The van der Waals surface area contributed by atoms with Gasteiger partial charge in [-0.3, -0.25) is 10.1 Å². The molecule has 21 heavy (non-hydrogen) atoms. The second-order valence-electron chi connectivity index (χ2n) is 5.85. The number of carbonyl (C=O) groups excluding carboxylic acids is 1. The highest BCUT2D eigenvalue weighted by Gasteiger charge is 2.45. The zero-order chi connectivity index (χ0) is 15.6. The van der Waals surface area contributed by atoms with Gasteiger partial charge in [-0.15, -0.1) is 0 Å².